The van der Waals surface area contributed by atoms with Gasteiger partial charge in [0, 0.05) is 0 Å². The monoisotopic (exact) mass is 226 g/mol. The van der Waals surface area contributed by atoms with E-state index in [0.717, 1.165) is 0 Å². The van der Waals surface area contributed by atoms with Gasteiger partial charge in [-0.1, -0.05) is 0 Å². The molecule has 0 N–H and O–H groups in total. The first kappa shape index (κ1) is 14.7. The average molecular weight is 226 g/mol. The lowest BCUT2D eigenvalue weighted by atomic mass is 9.87. The Morgan fingerprint density at radius 1 is 0.625 bits per heavy atom. The molecule has 0 saturated heterocycles. The first-order valence-corrected chi connectivity index (χ1v) is 5.29. The van der Waals surface area contributed by atoms with Crippen molar-refractivity contribution in [3.05, 3.63) is 0 Å². The van der Waals surface area contributed by atoms with Crippen LogP contribution in [-0.2, 0) is 19.2 Å². The van der Waals surface area contributed by atoms with Crippen LogP contribution in [0.4, 0.5) is 0 Å². The highest BCUT2D eigenvalue weighted by atomic mass is 16.2. The van der Waals surface area contributed by atoms with E-state index >= 15 is 0 Å². The van der Waals surface area contributed by atoms with Crippen molar-refractivity contribution in [2.45, 2.75) is 40.5 Å². The molecule has 0 unspecified atom stereocenters. The molecule has 0 heterocycles. The van der Waals surface area contributed by atoms with Crippen molar-refractivity contribution in [3.8, 4) is 0 Å². The molecule has 0 rings (SSSR count). The summed E-state index contributed by atoms with van der Waals surface area (Å²) in [4.78, 5) is 44.6. The first-order valence-electron chi connectivity index (χ1n) is 5.29. The Hall–Kier alpha value is -1.32. The van der Waals surface area contributed by atoms with E-state index in [-0.39, 0.29) is 36.0 Å². The average Bonchev–Trinajstić information content (AvgIpc) is 2.09. The van der Waals surface area contributed by atoms with Crippen LogP contribution in [0.2, 0.25) is 0 Å². The Bertz CT molecular complexity index is 257. The summed E-state index contributed by atoms with van der Waals surface area (Å²) < 4.78 is 0. The van der Waals surface area contributed by atoms with E-state index in [9.17, 15) is 19.2 Å². The maximum absolute atomic E-state index is 11.1. The van der Waals surface area contributed by atoms with Crippen LogP contribution in [0.3, 0.4) is 0 Å². The lowest BCUT2D eigenvalue weighted by Crippen LogP contribution is -2.24. The van der Waals surface area contributed by atoms with Gasteiger partial charge in [0.15, 0.2) is 0 Å². The molecule has 90 valence electrons. The fraction of sp³-hybridized carbons (Fsp3) is 0.667. The highest BCUT2D eigenvalue weighted by Gasteiger charge is 2.25. The van der Waals surface area contributed by atoms with E-state index in [0.29, 0.717) is 0 Å². The van der Waals surface area contributed by atoms with Crippen molar-refractivity contribution < 1.29 is 19.2 Å². The maximum atomic E-state index is 11.1. The number of carbonyl (C=O) groups excluding carboxylic acids is 4. The molecule has 0 saturated carbocycles. The molecular formula is C12H18O4. The number of hydrogen-bond donors (Lipinski definition) is 0. The molecule has 0 amide bonds. The molecule has 0 aliphatic rings. The summed E-state index contributed by atoms with van der Waals surface area (Å²) in [5, 5.41) is 0. The van der Waals surface area contributed by atoms with Crippen LogP contribution in [0.15, 0.2) is 0 Å². The van der Waals surface area contributed by atoms with Crippen LogP contribution in [0.5, 0.6) is 0 Å². The molecule has 0 spiro atoms. The van der Waals surface area contributed by atoms with Crippen molar-refractivity contribution in [1.82, 2.24) is 0 Å². The highest BCUT2D eigenvalue weighted by Crippen LogP contribution is 2.16. The van der Waals surface area contributed by atoms with E-state index < -0.39 is 11.8 Å². The van der Waals surface area contributed by atoms with Crippen molar-refractivity contribution in [2.24, 2.45) is 11.8 Å². The van der Waals surface area contributed by atoms with Crippen LogP contribution < -0.4 is 0 Å². The van der Waals surface area contributed by atoms with Gasteiger partial charge < -0.3 is 0 Å². The largest absolute Gasteiger partial charge is 0.299 e. The molecule has 4 heteroatoms. The van der Waals surface area contributed by atoms with Crippen LogP contribution in [-0.4, -0.2) is 23.1 Å². The van der Waals surface area contributed by atoms with Gasteiger partial charge in [-0.3, -0.25) is 19.2 Å². The number of carbonyl (C=O) groups is 4. The number of rotatable bonds is 7. The van der Waals surface area contributed by atoms with Crippen LogP contribution >= 0.6 is 0 Å². The van der Waals surface area contributed by atoms with Gasteiger partial charge in [-0.2, -0.15) is 0 Å². The van der Waals surface area contributed by atoms with Crippen molar-refractivity contribution in [2.75, 3.05) is 0 Å². The number of Topliss-reactive ketones (excluding diaryl/α,β-unsaturated/α-hetero) is 4. The normalized spacial score (nSPS) is 10.6. The van der Waals surface area contributed by atoms with E-state index in [1.807, 2.05) is 0 Å². The standard InChI is InChI=1S/C12H18O4/c1-7(13)11(8(2)14)5-6-12(9(3)15)10(4)16/h11-12H,5-6H2,1-4H3. The summed E-state index contributed by atoms with van der Waals surface area (Å²) >= 11 is 0. The maximum Gasteiger partial charge on any atom is 0.140 e. The quantitative estimate of drug-likeness (QED) is 0.614. The molecule has 0 aromatic carbocycles. The third-order valence-corrected chi connectivity index (χ3v) is 2.71. The molecular weight excluding hydrogens is 208 g/mol. The summed E-state index contributed by atoms with van der Waals surface area (Å²) in [5.41, 5.74) is 0. The molecule has 0 radical (unpaired) electrons. The van der Waals surface area contributed by atoms with Gasteiger partial charge in [-0.05, 0) is 40.5 Å². The van der Waals surface area contributed by atoms with Crippen molar-refractivity contribution in [3.63, 3.8) is 0 Å². The predicted octanol–water partition coefficient (Wildman–Crippen LogP) is 1.35. The Morgan fingerprint density at radius 2 is 0.812 bits per heavy atom. The van der Waals surface area contributed by atoms with Gasteiger partial charge in [0.2, 0.25) is 0 Å². The Labute approximate surface area is 95.4 Å². The Balaban J connectivity index is 4.50. The van der Waals surface area contributed by atoms with Crippen LogP contribution in [0, 0.1) is 11.8 Å². The lowest BCUT2D eigenvalue weighted by Gasteiger charge is -2.13. The molecule has 0 aliphatic carbocycles. The summed E-state index contributed by atoms with van der Waals surface area (Å²) in [6, 6.07) is 0. The van der Waals surface area contributed by atoms with Crippen LogP contribution in [0.25, 0.3) is 0 Å². The zero-order valence-electron chi connectivity index (χ0n) is 10.2. The molecule has 0 aliphatic heterocycles. The second kappa shape index (κ2) is 6.30. The van der Waals surface area contributed by atoms with Crippen molar-refractivity contribution in [1.29, 1.82) is 0 Å². The third kappa shape index (κ3) is 4.47. The molecule has 16 heavy (non-hydrogen) atoms. The second-order valence-electron chi connectivity index (χ2n) is 4.13. The Kier molecular flexibility index (Phi) is 5.78. The lowest BCUT2D eigenvalue weighted by molar-refractivity contribution is -0.134. The molecule has 4 nitrogen and oxygen atoms in total. The number of hydrogen-bond acceptors (Lipinski definition) is 4. The zero-order valence-corrected chi connectivity index (χ0v) is 10.2. The van der Waals surface area contributed by atoms with Gasteiger partial charge in [0.1, 0.15) is 23.1 Å². The van der Waals surface area contributed by atoms with E-state index in [4.69, 9.17) is 0 Å². The van der Waals surface area contributed by atoms with Gasteiger partial charge in [-0.25, -0.2) is 0 Å². The number of ketones is 4. The fourth-order valence-electron chi connectivity index (χ4n) is 1.72. The van der Waals surface area contributed by atoms with Gasteiger partial charge in [0.25, 0.3) is 0 Å². The Morgan fingerprint density at radius 3 is 0.938 bits per heavy atom. The van der Waals surface area contributed by atoms with Gasteiger partial charge in [-0.15, -0.1) is 0 Å². The summed E-state index contributed by atoms with van der Waals surface area (Å²) in [7, 11) is 0. The third-order valence-electron chi connectivity index (χ3n) is 2.71. The molecule has 0 aromatic rings. The summed E-state index contributed by atoms with van der Waals surface area (Å²) in [6.07, 6.45) is 0.545. The van der Waals surface area contributed by atoms with Gasteiger partial charge in [0.05, 0.1) is 11.8 Å². The minimum absolute atomic E-state index is 0.210. The fourth-order valence-corrected chi connectivity index (χ4v) is 1.72. The smallest absolute Gasteiger partial charge is 0.140 e. The van der Waals surface area contributed by atoms with E-state index in [1.165, 1.54) is 27.7 Å². The first-order chi connectivity index (χ1) is 7.27. The van der Waals surface area contributed by atoms with E-state index in [1.54, 1.807) is 0 Å². The van der Waals surface area contributed by atoms with Crippen LogP contribution in [0.1, 0.15) is 40.5 Å². The summed E-state index contributed by atoms with van der Waals surface area (Å²) in [5.74, 6) is -2.20. The van der Waals surface area contributed by atoms with E-state index in [2.05, 4.69) is 0 Å². The second-order valence-corrected chi connectivity index (χ2v) is 4.13. The molecule has 0 atom stereocenters. The highest BCUT2D eigenvalue weighted by molar-refractivity contribution is 6.01. The minimum atomic E-state index is -0.679. The van der Waals surface area contributed by atoms with Crippen molar-refractivity contribution >= 4 is 23.1 Å². The molecule has 0 aromatic heterocycles. The van der Waals surface area contributed by atoms with Gasteiger partial charge >= 0.3 is 0 Å². The molecule has 0 bridgehead atoms. The SMILES string of the molecule is CC(=O)C(CCC(C(C)=O)C(C)=O)C(C)=O. The predicted molar refractivity (Wildman–Crippen MR) is 58.9 cm³/mol. The summed E-state index contributed by atoms with van der Waals surface area (Å²) in [6.45, 7) is 5.40. The zero-order chi connectivity index (χ0) is 12.9. The minimum Gasteiger partial charge on any atom is -0.299 e. The topological polar surface area (TPSA) is 68.3 Å². The molecule has 0 fully saturated rings.